The maximum atomic E-state index is 13.3. The summed E-state index contributed by atoms with van der Waals surface area (Å²) in [5.74, 6) is -2.03. The van der Waals surface area contributed by atoms with Crippen LogP contribution < -0.4 is 14.4 Å². The van der Waals surface area contributed by atoms with Gasteiger partial charge < -0.3 is 19.7 Å². The van der Waals surface area contributed by atoms with Gasteiger partial charge in [-0.15, -0.1) is 0 Å². The number of ketones is 1. The number of amides is 1. The number of aromatic hydroxyl groups is 1. The number of phenols is 1. The van der Waals surface area contributed by atoms with Crippen molar-refractivity contribution in [1.29, 1.82) is 0 Å². The van der Waals surface area contributed by atoms with Crippen molar-refractivity contribution < 1.29 is 29.3 Å². The van der Waals surface area contributed by atoms with Crippen molar-refractivity contribution in [3.05, 3.63) is 87.4 Å². The van der Waals surface area contributed by atoms with Crippen molar-refractivity contribution in [3.8, 4) is 17.2 Å². The van der Waals surface area contributed by atoms with E-state index in [0.29, 0.717) is 28.6 Å². The number of hydrogen-bond acceptors (Lipinski definition) is 6. The van der Waals surface area contributed by atoms with Crippen molar-refractivity contribution in [2.75, 3.05) is 18.6 Å². The van der Waals surface area contributed by atoms with Gasteiger partial charge >= 0.3 is 0 Å². The summed E-state index contributed by atoms with van der Waals surface area (Å²) in [6.45, 7) is 2.13. The third-order valence-corrected chi connectivity index (χ3v) is 6.17. The zero-order valence-electron chi connectivity index (χ0n) is 18.8. The molecule has 2 N–H and O–H groups in total. The first kappa shape index (κ1) is 24.4. The molecule has 180 valence electrons. The van der Waals surface area contributed by atoms with Crippen LogP contribution in [0.25, 0.3) is 5.76 Å². The fraction of sp³-hybridized carbons (Fsp3) is 0.154. The molecule has 1 atom stereocenters. The highest BCUT2D eigenvalue weighted by Crippen LogP contribution is 2.46. The molecule has 3 aromatic rings. The number of anilines is 1. The van der Waals surface area contributed by atoms with E-state index in [-0.39, 0.29) is 27.7 Å². The topological polar surface area (TPSA) is 96.3 Å². The number of methoxy groups -OCH3 is 1. The van der Waals surface area contributed by atoms with Crippen LogP contribution in [0.2, 0.25) is 10.0 Å². The van der Waals surface area contributed by atoms with Crippen LogP contribution in [-0.2, 0) is 9.59 Å². The van der Waals surface area contributed by atoms with E-state index in [0.717, 1.165) is 0 Å². The van der Waals surface area contributed by atoms with Gasteiger partial charge in [-0.25, -0.2) is 0 Å². The molecule has 1 amide bonds. The van der Waals surface area contributed by atoms with Crippen LogP contribution in [0, 0.1) is 0 Å². The Morgan fingerprint density at radius 3 is 2.37 bits per heavy atom. The van der Waals surface area contributed by atoms with E-state index in [1.54, 1.807) is 37.3 Å². The number of phenolic OH excluding ortho intramolecular Hbond substituents is 1. The number of carbonyl (C=O) groups excluding carboxylic acids is 2. The third kappa shape index (κ3) is 4.40. The second-order valence-electron chi connectivity index (χ2n) is 7.64. The highest BCUT2D eigenvalue weighted by molar-refractivity contribution is 6.51. The van der Waals surface area contributed by atoms with Crippen molar-refractivity contribution in [1.82, 2.24) is 0 Å². The summed E-state index contributed by atoms with van der Waals surface area (Å²) in [5, 5.41) is 21.8. The van der Waals surface area contributed by atoms with E-state index in [2.05, 4.69) is 0 Å². The Morgan fingerprint density at radius 2 is 1.71 bits per heavy atom. The van der Waals surface area contributed by atoms with E-state index in [1.807, 2.05) is 0 Å². The Bertz CT molecular complexity index is 1340. The van der Waals surface area contributed by atoms with Gasteiger partial charge in [-0.1, -0.05) is 41.4 Å². The maximum Gasteiger partial charge on any atom is 0.300 e. The first-order valence-corrected chi connectivity index (χ1v) is 11.4. The number of nitrogens with zero attached hydrogens (tertiary/aromatic N) is 1. The predicted molar refractivity (Wildman–Crippen MR) is 134 cm³/mol. The Morgan fingerprint density at radius 1 is 1.00 bits per heavy atom. The van der Waals surface area contributed by atoms with Crippen LogP contribution in [0.15, 0.2) is 66.2 Å². The fourth-order valence-corrected chi connectivity index (χ4v) is 4.37. The van der Waals surface area contributed by atoms with Crippen LogP contribution in [-0.4, -0.2) is 35.6 Å². The number of halogens is 2. The van der Waals surface area contributed by atoms with Gasteiger partial charge in [0.2, 0.25) is 0 Å². The molecule has 0 saturated carbocycles. The number of hydrogen-bond donors (Lipinski definition) is 2. The Labute approximate surface area is 211 Å². The molecule has 35 heavy (non-hydrogen) atoms. The van der Waals surface area contributed by atoms with Gasteiger partial charge in [-0.2, -0.15) is 0 Å². The zero-order valence-corrected chi connectivity index (χ0v) is 20.3. The quantitative estimate of drug-likeness (QED) is 0.248. The molecule has 1 aliphatic heterocycles. The summed E-state index contributed by atoms with van der Waals surface area (Å²) in [5.41, 5.74) is 0.874. The molecule has 0 radical (unpaired) electrons. The molecule has 1 unspecified atom stereocenters. The Kier molecular flexibility index (Phi) is 6.91. The van der Waals surface area contributed by atoms with Crippen LogP contribution in [0.1, 0.15) is 24.1 Å². The molecule has 7 nitrogen and oxygen atoms in total. The highest BCUT2D eigenvalue weighted by atomic mass is 35.5. The molecule has 1 fully saturated rings. The molecule has 0 aromatic heterocycles. The van der Waals surface area contributed by atoms with Gasteiger partial charge in [0.25, 0.3) is 11.7 Å². The lowest BCUT2D eigenvalue weighted by Gasteiger charge is -2.26. The molecule has 0 spiro atoms. The van der Waals surface area contributed by atoms with Gasteiger partial charge in [-0.3, -0.25) is 14.5 Å². The smallest absolute Gasteiger partial charge is 0.300 e. The van der Waals surface area contributed by atoms with E-state index < -0.39 is 23.5 Å². The number of carbonyl (C=O) groups is 2. The minimum Gasteiger partial charge on any atom is -0.507 e. The lowest BCUT2D eigenvalue weighted by molar-refractivity contribution is -0.132. The second-order valence-corrected chi connectivity index (χ2v) is 8.45. The van der Waals surface area contributed by atoms with E-state index in [9.17, 15) is 19.8 Å². The van der Waals surface area contributed by atoms with Gasteiger partial charge in [0.1, 0.15) is 11.5 Å². The zero-order chi connectivity index (χ0) is 25.3. The molecule has 3 aromatic carbocycles. The minimum atomic E-state index is -1.06. The SMILES string of the molecule is CCOc1cc(/C(O)=C2\C(=O)C(=O)N(c3ccccc3)C2c2cc(Cl)c(O)c(OC)c2)ccc1Cl. The molecular formula is C26H21Cl2NO6. The van der Waals surface area contributed by atoms with Crippen LogP contribution >= 0.6 is 23.2 Å². The van der Waals surface area contributed by atoms with Crippen molar-refractivity contribution in [2.24, 2.45) is 0 Å². The van der Waals surface area contributed by atoms with Gasteiger partial charge in [0.05, 0.1) is 35.4 Å². The largest absolute Gasteiger partial charge is 0.507 e. The summed E-state index contributed by atoms with van der Waals surface area (Å²) in [7, 11) is 1.35. The molecule has 0 bridgehead atoms. The number of Topliss-reactive ketones (excluding diaryl/α,β-unsaturated/α-hetero) is 1. The lowest BCUT2D eigenvalue weighted by atomic mass is 9.94. The second kappa shape index (κ2) is 9.90. The molecule has 1 aliphatic rings. The molecule has 1 heterocycles. The third-order valence-electron chi connectivity index (χ3n) is 5.57. The van der Waals surface area contributed by atoms with Crippen molar-refractivity contribution in [2.45, 2.75) is 13.0 Å². The monoisotopic (exact) mass is 513 g/mol. The summed E-state index contributed by atoms with van der Waals surface area (Å²) in [6.07, 6.45) is 0. The first-order valence-electron chi connectivity index (χ1n) is 10.6. The number of para-hydroxylation sites is 1. The van der Waals surface area contributed by atoms with Crippen molar-refractivity contribution in [3.63, 3.8) is 0 Å². The van der Waals surface area contributed by atoms with E-state index in [4.69, 9.17) is 32.7 Å². The minimum absolute atomic E-state index is 0.0388. The normalized spacial score (nSPS) is 17.0. The van der Waals surface area contributed by atoms with Crippen molar-refractivity contribution >= 4 is 46.3 Å². The summed E-state index contributed by atoms with van der Waals surface area (Å²) in [6, 6.07) is 15.0. The van der Waals surface area contributed by atoms with Gasteiger partial charge in [-0.05, 0) is 55.0 Å². The standard InChI is InChI=1S/C26H21Cl2NO6/c1-3-35-19-12-14(9-10-17(19)27)23(30)21-22(15-11-18(28)24(31)20(13-15)34-2)29(26(33)25(21)32)16-7-5-4-6-8-16/h4-13,22,30-31H,3H2,1-2H3/b23-21+. The lowest BCUT2D eigenvalue weighted by Crippen LogP contribution is -2.29. The van der Waals surface area contributed by atoms with Crippen LogP contribution in [0.3, 0.4) is 0 Å². The first-order chi connectivity index (χ1) is 16.8. The highest BCUT2D eigenvalue weighted by Gasteiger charge is 2.47. The number of ether oxygens (including phenoxy) is 2. The van der Waals surface area contributed by atoms with Crippen LogP contribution in [0.5, 0.6) is 17.2 Å². The molecule has 9 heteroatoms. The Hall–Kier alpha value is -3.68. The average molecular weight is 514 g/mol. The number of rotatable bonds is 6. The molecule has 4 rings (SSSR count). The van der Waals surface area contributed by atoms with E-state index in [1.165, 1.54) is 42.3 Å². The summed E-state index contributed by atoms with van der Waals surface area (Å²) < 4.78 is 10.7. The number of aliphatic hydroxyl groups excluding tert-OH is 1. The van der Waals surface area contributed by atoms with Gasteiger partial charge in [0.15, 0.2) is 11.5 Å². The Balaban J connectivity index is 1.98. The molecule has 1 saturated heterocycles. The predicted octanol–water partition coefficient (Wildman–Crippen LogP) is 5.73. The van der Waals surface area contributed by atoms with Gasteiger partial charge in [0, 0.05) is 11.3 Å². The fourth-order valence-electron chi connectivity index (χ4n) is 3.98. The summed E-state index contributed by atoms with van der Waals surface area (Å²) in [4.78, 5) is 27.8. The molecular weight excluding hydrogens is 493 g/mol. The summed E-state index contributed by atoms with van der Waals surface area (Å²) >= 11 is 12.4. The molecule has 0 aliphatic carbocycles. The average Bonchev–Trinajstić information content (AvgIpc) is 3.12. The number of benzene rings is 3. The number of aliphatic hydroxyl groups is 1. The van der Waals surface area contributed by atoms with E-state index >= 15 is 0 Å². The van der Waals surface area contributed by atoms with Crippen LogP contribution in [0.4, 0.5) is 5.69 Å². The maximum absolute atomic E-state index is 13.3.